The summed E-state index contributed by atoms with van der Waals surface area (Å²) in [5, 5.41) is 12.2. The zero-order valence-corrected chi connectivity index (χ0v) is 15.8. The molecule has 22 heavy (non-hydrogen) atoms. The molecule has 0 bridgehead atoms. The number of anilines is 1. The maximum Gasteiger partial charge on any atom is 0.170 e. The van der Waals surface area contributed by atoms with Crippen LogP contribution in [0, 0.1) is 6.92 Å². The Labute approximate surface area is 153 Å². The Balaban J connectivity index is 1.73. The summed E-state index contributed by atoms with van der Waals surface area (Å²) in [6.07, 6.45) is 2.88. The Hall–Kier alpha value is -0.820. The first-order chi connectivity index (χ1) is 10.5. The van der Waals surface area contributed by atoms with Crippen LogP contribution in [0.15, 0.2) is 28.9 Å². The van der Waals surface area contributed by atoms with Gasteiger partial charge in [0, 0.05) is 24.3 Å². The number of aromatic nitrogens is 2. The second kappa shape index (κ2) is 8.15. The number of nitrogens with one attached hydrogen (secondary N) is 2. The second-order valence-electron chi connectivity index (χ2n) is 4.68. The molecule has 0 unspecified atom stereocenters. The molecule has 0 saturated carbocycles. The minimum Gasteiger partial charge on any atom is -0.362 e. The number of nitrogens with zero attached hydrogens (tertiary/aromatic N) is 2. The van der Waals surface area contributed by atoms with Gasteiger partial charge in [0.1, 0.15) is 0 Å². The van der Waals surface area contributed by atoms with Crippen LogP contribution in [0.25, 0.3) is 0 Å². The van der Waals surface area contributed by atoms with Gasteiger partial charge in [0.05, 0.1) is 20.9 Å². The molecular formula is C14H15BrCl2N4S. The van der Waals surface area contributed by atoms with E-state index in [2.05, 4.69) is 31.7 Å². The lowest BCUT2D eigenvalue weighted by molar-refractivity contribution is 0.570. The third-order valence-corrected chi connectivity index (χ3v) is 4.49. The van der Waals surface area contributed by atoms with Crippen molar-refractivity contribution in [2.75, 3.05) is 11.9 Å². The van der Waals surface area contributed by atoms with Crippen molar-refractivity contribution < 1.29 is 0 Å². The zero-order valence-electron chi connectivity index (χ0n) is 11.9. The van der Waals surface area contributed by atoms with Crippen LogP contribution < -0.4 is 10.6 Å². The van der Waals surface area contributed by atoms with Crippen LogP contribution in [0.4, 0.5) is 5.69 Å². The van der Waals surface area contributed by atoms with Gasteiger partial charge in [-0.3, -0.25) is 4.68 Å². The lowest BCUT2D eigenvalue weighted by Gasteiger charge is -2.11. The van der Waals surface area contributed by atoms with Crippen molar-refractivity contribution in [2.45, 2.75) is 19.9 Å². The van der Waals surface area contributed by atoms with E-state index in [0.717, 1.165) is 35.4 Å². The molecule has 0 amide bonds. The molecule has 2 aromatic rings. The minimum absolute atomic E-state index is 0.530. The number of halogens is 3. The largest absolute Gasteiger partial charge is 0.362 e. The molecule has 0 aliphatic carbocycles. The van der Waals surface area contributed by atoms with Gasteiger partial charge in [-0.2, -0.15) is 5.10 Å². The summed E-state index contributed by atoms with van der Waals surface area (Å²) in [5.74, 6) is 0. The number of aryl methyl sites for hydroxylation is 2. The minimum atomic E-state index is 0.530. The molecule has 1 heterocycles. The van der Waals surface area contributed by atoms with Crippen LogP contribution in [0.1, 0.15) is 12.1 Å². The lowest BCUT2D eigenvalue weighted by atomic mass is 10.3. The average Bonchev–Trinajstić information content (AvgIpc) is 2.77. The summed E-state index contributed by atoms with van der Waals surface area (Å²) in [6, 6.07) is 5.23. The van der Waals surface area contributed by atoms with Gasteiger partial charge < -0.3 is 10.6 Å². The first kappa shape index (κ1) is 17.5. The smallest absolute Gasteiger partial charge is 0.170 e. The maximum absolute atomic E-state index is 6.08. The van der Waals surface area contributed by atoms with Crippen molar-refractivity contribution in [2.24, 2.45) is 0 Å². The van der Waals surface area contributed by atoms with E-state index in [1.54, 1.807) is 18.2 Å². The SMILES string of the molecule is Cc1nn(CCCNC(=S)Nc2ccc(Cl)cc2Cl)cc1Br. The Morgan fingerprint density at radius 3 is 2.82 bits per heavy atom. The Morgan fingerprint density at radius 2 is 2.18 bits per heavy atom. The molecule has 2 N–H and O–H groups in total. The standard InChI is InChI=1S/C14H15BrCl2N4S/c1-9-11(15)8-21(20-9)6-2-5-18-14(22)19-13-4-3-10(16)7-12(13)17/h3-4,7-8H,2,5-6H2,1H3,(H2,18,19,22). The normalized spacial score (nSPS) is 10.5. The average molecular weight is 422 g/mol. The highest BCUT2D eigenvalue weighted by molar-refractivity contribution is 9.10. The predicted octanol–water partition coefficient (Wildman–Crippen LogP) is 4.64. The number of hydrogen-bond acceptors (Lipinski definition) is 2. The molecule has 0 fully saturated rings. The van der Waals surface area contributed by atoms with E-state index in [4.69, 9.17) is 35.4 Å². The molecule has 1 aromatic carbocycles. The van der Waals surface area contributed by atoms with E-state index in [0.29, 0.717) is 15.2 Å². The number of benzene rings is 1. The van der Waals surface area contributed by atoms with E-state index in [9.17, 15) is 0 Å². The summed E-state index contributed by atoms with van der Waals surface area (Å²) in [7, 11) is 0. The lowest BCUT2D eigenvalue weighted by Crippen LogP contribution is -2.29. The van der Waals surface area contributed by atoms with Crippen LogP contribution in [-0.4, -0.2) is 21.4 Å². The summed E-state index contributed by atoms with van der Waals surface area (Å²) < 4.78 is 2.93. The van der Waals surface area contributed by atoms with Crippen molar-refractivity contribution in [3.63, 3.8) is 0 Å². The van der Waals surface area contributed by atoms with Gasteiger partial charge in [0.2, 0.25) is 0 Å². The van der Waals surface area contributed by atoms with Crippen molar-refractivity contribution in [3.8, 4) is 0 Å². The van der Waals surface area contributed by atoms with Gasteiger partial charge in [0.25, 0.3) is 0 Å². The predicted molar refractivity (Wildman–Crippen MR) is 100.0 cm³/mol. The summed E-state index contributed by atoms with van der Waals surface area (Å²) in [4.78, 5) is 0. The molecule has 0 saturated heterocycles. The van der Waals surface area contributed by atoms with Crippen molar-refractivity contribution in [1.82, 2.24) is 15.1 Å². The van der Waals surface area contributed by atoms with E-state index >= 15 is 0 Å². The molecule has 0 spiro atoms. The zero-order chi connectivity index (χ0) is 16.1. The van der Waals surface area contributed by atoms with Crippen molar-refractivity contribution >= 4 is 62.1 Å². The van der Waals surface area contributed by atoms with Gasteiger partial charge in [-0.1, -0.05) is 23.2 Å². The third-order valence-electron chi connectivity index (χ3n) is 2.92. The van der Waals surface area contributed by atoms with E-state index in [-0.39, 0.29) is 0 Å². The molecule has 0 atom stereocenters. The molecule has 4 nitrogen and oxygen atoms in total. The Bertz CT molecular complexity index is 655. The van der Waals surface area contributed by atoms with Gasteiger partial charge in [-0.25, -0.2) is 0 Å². The van der Waals surface area contributed by atoms with Crippen LogP contribution >= 0.6 is 51.3 Å². The fourth-order valence-electron chi connectivity index (χ4n) is 1.81. The van der Waals surface area contributed by atoms with Gasteiger partial charge in [-0.15, -0.1) is 0 Å². The highest BCUT2D eigenvalue weighted by atomic mass is 79.9. The topological polar surface area (TPSA) is 41.9 Å². The number of hydrogen-bond donors (Lipinski definition) is 2. The third kappa shape index (κ3) is 5.12. The van der Waals surface area contributed by atoms with Gasteiger partial charge in [-0.05, 0) is 59.7 Å². The molecule has 8 heteroatoms. The highest BCUT2D eigenvalue weighted by Crippen LogP contribution is 2.25. The summed E-state index contributed by atoms with van der Waals surface area (Å²) in [5.41, 5.74) is 1.72. The first-order valence-corrected chi connectivity index (χ1v) is 8.61. The fraction of sp³-hybridized carbons (Fsp3) is 0.286. The monoisotopic (exact) mass is 420 g/mol. The van der Waals surface area contributed by atoms with E-state index in [1.165, 1.54) is 0 Å². The molecule has 0 aliphatic heterocycles. The fourth-order valence-corrected chi connectivity index (χ4v) is 2.79. The molecule has 0 radical (unpaired) electrons. The second-order valence-corrected chi connectivity index (χ2v) is 6.79. The number of thiocarbonyl (C=S) groups is 1. The van der Waals surface area contributed by atoms with Crippen LogP contribution in [0.2, 0.25) is 10.0 Å². The van der Waals surface area contributed by atoms with Crippen LogP contribution in [-0.2, 0) is 6.54 Å². The highest BCUT2D eigenvalue weighted by Gasteiger charge is 2.04. The number of rotatable bonds is 5. The Morgan fingerprint density at radius 1 is 1.41 bits per heavy atom. The quantitative estimate of drug-likeness (QED) is 0.545. The van der Waals surface area contributed by atoms with Crippen LogP contribution in [0.5, 0.6) is 0 Å². The first-order valence-electron chi connectivity index (χ1n) is 6.65. The van der Waals surface area contributed by atoms with E-state index in [1.807, 2.05) is 17.8 Å². The van der Waals surface area contributed by atoms with Crippen molar-refractivity contribution in [1.29, 1.82) is 0 Å². The summed E-state index contributed by atoms with van der Waals surface area (Å²) in [6.45, 7) is 3.53. The van der Waals surface area contributed by atoms with Gasteiger partial charge >= 0.3 is 0 Å². The molecule has 0 aliphatic rings. The summed E-state index contributed by atoms with van der Waals surface area (Å²) >= 11 is 20.6. The van der Waals surface area contributed by atoms with Crippen molar-refractivity contribution in [3.05, 3.63) is 44.6 Å². The molecule has 1 aromatic heterocycles. The molecule has 2 rings (SSSR count). The maximum atomic E-state index is 6.08. The van der Waals surface area contributed by atoms with Crippen LogP contribution in [0.3, 0.4) is 0 Å². The Kier molecular flexibility index (Phi) is 6.50. The van der Waals surface area contributed by atoms with Gasteiger partial charge in [0.15, 0.2) is 5.11 Å². The molecular weight excluding hydrogens is 407 g/mol. The van der Waals surface area contributed by atoms with E-state index < -0.39 is 0 Å². The molecule has 118 valence electrons.